The Balaban J connectivity index is 1.75. The van der Waals surface area contributed by atoms with Crippen molar-refractivity contribution in [2.24, 2.45) is 17.2 Å². The first-order chi connectivity index (χ1) is 8.25. The molecule has 0 aromatic heterocycles. The molecule has 2 fully saturated rings. The van der Waals surface area contributed by atoms with Gasteiger partial charge in [0.1, 0.15) is 5.60 Å². The van der Waals surface area contributed by atoms with Gasteiger partial charge >= 0.3 is 6.09 Å². The van der Waals surface area contributed by atoms with Crippen LogP contribution in [0.3, 0.4) is 0 Å². The van der Waals surface area contributed by atoms with Gasteiger partial charge in [0, 0.05) is 24.4 Å². The zero-order valence-corrected chi connectivity index (χ0v) is 11.2. The smallest absolute Gasteiger partial charge is 0.410 e. The van der Waals surface area contributed by atoms with E-state index in [4.69, 9.17) is 10.6 Å². The first-order valence-corrected chi connectivity index (χ1v) is 6.23. The number of nitrogens with one attached hydrogen (secondary N) is 1. The number of rotatable bonds is 1. The van der Waals surface area contributed by atoms with E-state index in [1.807, 2.05) is 20.8 Å². The van der Waals surface area contributed by atoms with Crippen LogP contribution in [-0.4, -0.2) is 35.6 Å². The Morgan fingerprint density at radius 2 is 1.89 bits per heavy atom. The maximum Gasteiger partial charge on any atom is 0.410 e. The van der Waals surface area contributed by atoms with Crippen LogP contribution < -0.4 is 11.3 Å². The number of hydrogen-bond donors (Lipinski definition) is 2. The third-order valence-corrected chi connectivity index (χ3v) is 3.58. The lowest BCUT2D eigenvalue weighted by Crippen LogP contribution is -2.65. The number of hydrogen-bond acceptors (Lipinski definition) is 4. The van der Waals surface area contributed by atoms with Gasteiger partial charge in [-0.1, -0.05) is 0 Å². The van der Waals surface area contributed by atoms with Crippen molar-refractivity contribution in [2.45, 2.75) is 39.2 Å². The maximum atomic E-state index is 11.7. The van der Waals surface area contributed by atoms with Crippen LogP contribution in [0.5, 0.6) is 0 Å². The molecule has 2 rings (SSSR count). The highest BCUT2D eigenvalue weighted by Crippen LogP contribution is 2.52. The summed E-state index contributed by atoms with van der Waals surface area (Å²) in [6.45, 7) is 6.94. The number of carbonyl (C=O) groups excluding carboxylic acids is 2. The van der Waals surface area contributed by atoms with Crippen molar-refractivity contribution in [1.29, 1.82) is 0 Å². The monoisotopic (exact) mass is 255 g/mol. The molecule has 6 nitrogen and oxygen atoms in total. The van der Waals surface area contributed by atoms with Crippen LogP contribution in [0.15, 0.2) is 0 Å². The molecule has 1 spiro atoms. The van der Waals surface area contributed by atoms with Crippen LogP contribution in [0, 0.1) is 11.3 Å². The summed E-state index contributed by atoms with van der Waals surface area (Å²) in [7, 11) is 0. The summed E-state index contributed by atoms with van der Waals surface area (Å²) in [6.07, 6.45) is 1.37. The zero-order valence-electron chi connectivity index (χ0n) is 11.2. The van der Waals surface area contributed by atoms with Gasteiger partial charge in [-0.05, 0) is 33.6 Å². The fraction of sp³-hybridized carbons (Fsp3) is 0.833. The van der Waals surface area contributed by atoms with E-state index >= 15 is 0 Å². The van der Waals surface area contributed by atoms with Gasteiger partial charge in [0.25, 0.3) is 0 Å². The molecule has 0 aromatic rings. The highest BCUT2D eigenvalue weighted by Gasteiger charge is 2.56. The van der Waals surface area contributed by atoms with Crippen LogP contribution in [0.1, 0.15) is 33.6 Å². The third-order valence-electron chi connectivity index (χ3n) is 3.58. The predicted octanol–water partition coefficient (Wildman–Crippen LogP) is 0.623. The van der Waals surface area contributed by atoms with E-state index in [2.05, 4.69) is 5.43 Å². The molecule has 0 radical (unpaired) electrons. The van der Waals surface area contributed by atoms with Gasteiger partial charge in [0.15, 0.2) is 0 Å². The zero-order chi connectivity index (χ0) is 13.6. The van der Waals surface area contributed by atoms with Crippen molar-refractivity contribution in [2.75, 3.05) is 13.1 Å². The second-order valence-corrected chi connectivity index (χ2v) is 6.45. The minimum atomic E-state index is -0.457. The number of likely N-dealkylation sites (tertiary alicyclic amines) is 1. The van der Waals surface area contributed by atoms with Gasteiger partial charge in [0.2, 0.25) is 5.91 Å². The Bertz CT molecular complexity index is 361. The maximum absolute atomic E-state index is 11.7. The van der Waals surface area contributed by atoms with E-state index in [1.165, 1.54) is 0 Å². The minimum absolute atomic E-state index is 0.00999. The molecule has 1 saturated heterocycles. The molecule has 2 aliphatic rings. The molecule has 1 aliphatic carbocycles. The summed E-state index contributed by atoms with van der Waals surface area (Å²) in [5.41, 5.74) is 1.85. The molecular weight excluding hydrogens is 234 g/mol. The van der Waals surface area contributed by atoms with Gasteiger partial charge in [0.05, 0.1) is 0 Å². The van der Waals surface area contributed by atoms with E-state index in [0.717, 1.165) is 12.8 Å². The van der Waals surface area contributed by atoms with E-state index < -0.39 is 5.60 Å². The molecule has 3 N–H and O–H groups in total. The summed E-state index contributed by atoms with van der Waals surface area (Å²) in [4.78, 5) is 24.7. The van der Waals surface area contributed by atoms with Gasteiger partial charge in [-0.3, -0.25) is 10.2 Å². The molecule has 1 aliphatic heterocycles. The van der Waals surface area contributed by atoms with E-state index in [9.17, 15) is 9.59 Å². The van der Waals surface area contributed by atoms with Crippen molar-refractivity contribution in [3.8, 4) is 0 Å². The Morgan fingerprint density at radius 3 is 2.33 bits per heavy atom. The fourth-order valence-corrected chi connectivity index (χ4v) is 2.77. The highest BCUT2D eigenvalue weighted by molar-refractivity contribution is 5.79. The molecule has 6 heteroatoms. The number of nitrogens with two attached hydrogens (primary N) is 1. The Kier molecular flexibility index (Phi) is 3.01. The molecule has 0 unspecified atom stereocenters. The van der Waals surface area contributed by atoms with Gasteiger partial charge < -0.3 is 9.64 Å². The van der Waals surface area contributed by atoms with Gasteiger partial charge in [-0.2, -0.15) is 0 Å². The number of nitrogens with zero attached hydrogens (tertiary/aromatic N) is 1. The van der Waals surface area contributed by atoms with Crippen LogP contribution in [0.4, 0.5) is 4.79 Å². The van der Waals surface area contributed by atoms with Crippen molar-refractivity contribution in [1.82, 2.24) is 10.3 Å². The number of carbonyl (C=O) groups is 2. The number of ether oxygens (including phenoxy) is 1. The molecule has 18 heavy (non-hydrogen) atoms. The second-order valence-electron chi connectivity index (χ2n) is 6.45. The minimum Gasteiger partial charge on any atom is -0.444 e. The standard InChI is InChI=1S/C12H21N3O3/c1-11(2,3)18-10(17)15-6-12(7-15)4-8(5-12)9(16)14-13/h8H,4-7,13H2,1-3H3,(H,14,16). The Labute approximate surface area is 107 Å². The first kappa shape index (κ1) is 13.1. The molecule has 0 aromatic carbocycles. The summed E-state index contributed by atoms with van der Waals surface area (Å²) in [5.74, 6) is 5.00. The van der Waals surface area contributed by atoms with E-state index in [0.29, 0.717) is 13.1 Å². The molecule has 2 amide bonds. The molecule has 1 saturated carbocycles. The first-order valence-electron chi connectivity index (χ1n) is 6.23. The lowest BCUT2D eigenvalue weighted by Gasteiger charge is -2.58. The number of hydrazine groups is 1. The fourth-order valence-electron chi connectivity index (χ4n) is 2.77. The predicted molar refractivity (Wildman–Crippen MR) is 65.3 cm³/mol. The van der Waals surface area contributed by atoms with Crippen LogP contribution in [0.25, 0.3) is 0 Å². The SMILES string of the molecule is CC(C)(C)OC(=O)N1CC2(CC(C(=O)NN)C2)C1. The van der Waals surface area contributed by atoms with Gasteiger partial charge in [-0.25, -0.2) is 10.6 Å². The quantitative estimate of drug-likeness (QED) is 0.409. The molecule has 0 bridgehead atoms. The second kappa shape index (κ2) is 4.12. The molecule has 0 atom stereocenters. The Morgan fingerprint density at radius 1 is 1.33 bits per heavy atom. The lowest BCUT2D eigenvalue weighted by atomic mass is 9.57. The average Bonchev–Trinajstić information content (AvgIpc) is 2.09. The largest absolute Gasteiger partial charge is 0.444 e. The molecular formula is C12H21N3O3. The van der Waals surface area contributed by atoms with Crippen molar-refractivity contribution in [3.05, 3.63) is 0 Å². The molecule has 1 heterocycles. The van der Waals surface area contributed by atoms with Crippen LogP contribution in [0.2, 0.25) is 0 Å². The summed E-state index contributed by atoms with van der Waals surface area (Å²) in [6, 6.07) is 0. The van der Waals surface area contributed by atoms with Gasteiger partial charge in [-0.15, -0.1) is 0 Å². The third kappa shape index (κ3) is 2.43. The van der Waals surface area contributed by atoms with E-state index in [1.54, 1.807) is 4.90 Å². The lowest BCUT2D eigenvalue weighted by molar-refractivity contribution is -0.142. The normalized spacial score (nSPS) is 22.1. The Hall–Kier alpha value is -1.30. The highest BCUT2D eigenvalue weighted by atomic mass is 16.6. The van der Waals surface area contributed by atoms with Crippen LogP contribution in [-0.2, 0) is 9.53 Å². The van der Waals surface area contributed by atoms with Crippen LogP contribution >= 0.6 is 0 Å². The average molecular weight is 255 g/mol. The number of amides is 2. The van der Waals surface area contributed by atoms with Crippen molar-refractivity contribution in [3.63, 3.8) is 0 Å². The van der Waals surface area contributed by atoms with E-state index in [-0.39, 0.29) is 23.3 Å². The summed E-state index contributed by atoms with van der Waals surface area (Å²) in [5, 5.41) is 0. The topological polar surface area (TPSA) is 84.7 Å². The molecule has 102 valence electrons. The van der Waals surface area contributed by atoms with Crippen molar-refractivity contribution < 1.29 is 14.3 Å². The summed E-state index contributed by atoms with van der Waals surface area (Å²) < 4.78 is 5.29. The van der Waals surface area contributed by atoms with Crippen molar-refractivity contribution >= 4 is 12.0 Å². The summed E-state index contributed by atoms with van der Waals surface area (Å²) >= 11 is 0.